The van der Waals surface area contributed by atoms with Gasteiger partial charge in [-0.2, -0.15) is 5.10 Å². The predicted molar refractivity (Wildman–Crippen MR) is 73.4 cm³/mol. The van der Waals surface area contributed by atoms with E-state index in [2.05, 4.69) is 26.7 Å². The molecule has 1 fully saturated rings. The Labute approximate surface area is 114 Å². The van der Waals surface area contributed by atoms with Crippen molar-refractivity contribution in [1.29, 1.82) is 0 Å². The zero-order valence-corrected chi connectivity index (χ0v) is 12.3. The smallest absolute Gasteiger partial charge is 0.243 e. The largest absolute Gasteiger partial charge is 0.303 e. The highest BCUT2D eigenvalue weighted by molar-refractivity contribution is 7.89. The van der Waals surface area contributed by atoms with Crippen molar-refractivity contribution in [3.63, 3.8) is 0 Å². The first kappa shape index (κ1) is 14.5. The summed E-state index contributed by atoms with van der Waals surface area (Å²) in [5.41, 5.74) is 0.569. The Balaban J connectivity index is 1.85. The number of sulfonamides is 1. The molecule has 1 saturated heterocycles. The van der Waals surface area contributed by atoms with E-state index in [4.69, 9.17) is 0 Å². The lowest BCUT2D eigenvalue weighted by Gasteiger charge is -2.20. The quantitative estimate of drug-likeness (QED) is 0.808. The first-order valence-corrected chi connectivity index (χ1v) is 8.19. The molecule has 0 spiro atoms. The summed E-state index contributed by atoms with van der Waals surface area (Å²) in [6.45, 7) is 7.46. The van der Waals surface area contributed by atoms with Crippen LogP contribution in [0.5, 0.6) is 0 Å². The molecule has 6 nitrogen and oxygen atoms in total. The average molecular weight is 286 g/mol. The van der Waals surface area contributed by atoms with E-state index >= 15 is 0 Å². The minimum absolute atomic E-state index is 0.237. The maximum atomic E-state index is 12.1. The molecule has 1 aliphatic rings. The van der Waals surface area contributed by atoms with Crippen molar-refractivity contribution in [3.05, 3.63) is 11.9 Å². The highest BCUT2D eigenvalue weighted by Gasteiger charge is 2.20. The summed E-state index contributed by atoms with van der Waals surface area (Å²) in [5, 5.41) is 6.39. The van der Waals surface area contributed by atoms with Gasteiger partial charge in [-0.3, -0.25) is 5.10 Å². The summed E-state index contributed by atoms with van der Waals surface area (Å²) < 4.78 is 26.8. The highest BCUT2D eigenvalue weighted by Crippen LogP contribution is 2.12. The summed E-state index contributed by atoms with van der Waals surface area (Å²) in [6.07, 6.45) is 3.86. The molecule has 0 aromatic carbocycles. The van der Waals surface area contributed by atoms with E-state index in [1.165, 1.54) is 19.0 Å². The summed E-state index contributed by atoms with van der Waals surface area (Å²) in [4.78, 5) is 2.63. The minimum Gasteiger partial charge on any atom is -0.303 e. The molecular weight excluding hydrogens is 264 g/mol. The molecule has 0 bridgehead atoms. The van der Waals surface area contributed by atoms with E-state index < -0.39 is 10.0 Å². The molecule has 1 aromatic rings. The third-order valence-electron chi connectivity index (χ3n) is 3.46. The Bertz CT molecular complexity index is 506. The van der Waals surface area contributed by atoms with Crippen molar-refractivity contribution in [2.45, 2.75) is 31.6 Å². The molecule has 2 rings (SSSR count). The monoisotopic (exact) mass is 286 g/mol. The van der Waals surface area contributed by atoms with Crippen LogP contribution in [0.3, 0.4) is 0 Å². The highest BCUT2D eigenvalue weighted by atomic mass is 32.2. The SMILES string of the molecule is Cc1[nH]ncc1S(=O)(=O)NCC(C)CN1CCCC1. The van der Waals surface area contributed by atoms with Gasteiger partial charge in [-0.25, -0.2) is 13.1 Å². The Hall–Kier alpha value is -0.920. The second-order valence-electron chi connectivity index (χ2n) is 5.32. The molecule has 108 valence electrons. The molecule has 1 unspecified atom stereocenters. The van der Waals surface area contributed by atoms with Crippen molar-refractivity contribution in [3.8, 4) is 0 Å². The Kier molecular flexibility index (Phi) is 4.59. The number of nitrogens with zero attached hydrogens (tertiary/aromatic N) is 2. The molecule has 7 heteroatoms. The zero-order chi connectivity index (χ0) is 13.9. The van der Waals surface area contributed by atoms with Gasteiger partial charge in [0, 0.05) is 13.1 Å². The average Bonchev–Trinajstić information content (AvgIpc) is 2.98. The van der Waals surface area contributed by atoms with E-state index in [0.717, 1.165) is 19.6 Å². The van der Waals surface area contributed by atoms with Gasteiger partial charge in [0.25, 0.3) is 0 Å². The van der Waals surface area contributed by atoms with Crippen molar-refractivity contribution in [2.24, 2.45) is 5.92 Å². The van der Waals surface area contributed by atoms with Crippen LogP contribution in [0.2, 0.25) is 0 Å². The molecule has 2 heterocycles. The van der Waals surface area contributed by atoms with Crippen molar-refractivity contribution in [1.82, 2.24) is 19.8 Å². The number of hydrogen-bond acceptors (Lipinski definition) is 4. The maximum Gasteiger partial charge on any atom is 0.243 e. The van der Waals surface area contributed by atoms with Crippen LogP contribution in [-0.2, 0) is 10.0 Å². The molecule has 0 saturated carbocycles. The molecule has 0 aliphatic carbocycles. The second kappa shape index (κ2) is 6.02. The topological polar surface area (TPSA) is 78.1 Å². The fraction of sp³-hybridized carbons (Fsp3) is 0.750. The maximum absolute atomic E-state index is 12.1. The number of hydrogen-bond donors (Lipinski definition) is 2. The number of aromatic amines is 1. The van der Waals surface area contributed by atoms with Gasteiger partial charge < -0.3 is 4.90 Å². The van der Waals surface area contributed by atoms with Gasteiger partial charge in [0.2, 0.25) is 10.0 Å². The first-order valence-electron chi connectivity index (χ1n) is 6.71. The van der Waals surface area contributed by atoms with E-state index in [1.54, 1.807) is 6.92 Å². The van der Waals surface area contributed by atoms with Crippen LogP contribution in [0, 0.1) is 12.8 Å². The van der Waals surface area contributed by atoms with Crippen LogP contribution in [0.4, 0.5) is 0 Å². The second-order valence-corrected chi connectivity index (χ2v) is 7.06. The predicted octanol–water partition coefficient (Wildman–Crippen LogP) is 0.728. The van der Waals surface area contributed by atoms with Crippen molar-refractivity contribution in [2.75, 3.05) is 26.2 Å². The van der Waals surface area contributed by atoms with E-state index in [0.29, 0.717) is 18.2 Å². The van der Waals surface area contributed by atoms with Gasteiger partial charge in [0.05, 0.1) is 11.9 Å². The third-order valence-corrected chi connectivity index (χ3v) is 5.00. The summed E-state index contributed by atoms with van der Waals surface area (Å²) in [7, 11) is -3.44. The van der Waals surface area contributed by atoms with Crippen LogP contribution >= 0.6 is 0 Å². The van der Waals surface area contributed by atoms with Gasteiger partial charge in [-0.05, 0) is 38.8 Å². The molecule has 1 aromatic heterocycles. The van der Waals surface area contributed by atoms with Gasteiger partial charge >= 0.3 is 0 Å². The van der Waals surface area contributed by atoms with Crippen molar-refractivity contribution < 1.29 is 8.42 Å². The summed E-state index contributed by atoms with van der Waals surface area (Å²) in [6, 6.07) is 0. The molecular formula is C12H22N4O2S. The van der Waals surface area contributed by atoms with E-state index in [9.17, 15) is 8.42 Å². The molecule has 0 amide bonds. The van der Waals surface area contributed by atoms with Gasteiger partial charge in [0.15, 0.2) is 0 Å². The lowest BCUT2D eigenvalue weighted by Crippen LogP contribution is -2.34. The standard InChI is InChI=1S/C12H22N4O2S/c1-10(9-16-5-3-4-6-16)7-14-19(17,18)12-8-13-15-11(12)2/h8,10,14H,3-7,9H2,1-2H3,(H,13,15). The van der Waals surface area contributed by atoms with Crippen LogP contribution in [-0.4, -0.2) is 49.7 Å². The molecule has 1 aliphatic heterocycles. The van der Waals surface area contributed by atoms with Crippen LogP contribution in [0.1, 0.15) is 25.5 Å². The summed E-state index contributed by atoms with van der Waals surface area (Å²) >= 11 is 0. The van der Waals surface area contributed by atoms with Gasteiger partial charge in [-0.1, -0.05) is 6.92 Å². The van der Waals surface area contributed by atoms with Gasteiger partial charge in [-0.15, -0.1) is 0 Å². The number of H-pyrrole nitrogens is 1. The number of aromatic nitrogens is 2. The fourth-order valence-electron chi connectivity index (χ4n) is 2.41. The Morgan fingerprint density at radius 3 is 2.74 bits per heavy atom. The summed E-state index contributed by atoms with van der Waals surface area (Å²) in [5.74, 6) is 0.306. The van der Waals surface area contributed by atoms with Crippen molar-refractivity contribution >= 4 is 10.0 Å². The fourth-order valence-corrected chi connectivity index (χ4v) is 3.71. The van der Waals surface area contributed by atoms with Gasteiger partial charge in [0.1, 0.15) is 4.90 Å². The number of nitrogens with one attached hydrogen (secondary N) is 2. The number of rotatable bonds is 6. The van der Waals surface area contributed by atoms with Crippen LogP contribution in [0.15, 0.2) is 11.1 Å². The third kappa shape index (κ3) is 3.77. The molecule has 19 heavy (non-hydrogen) atoms. The number of likely N-dealkylation sites (tertiary alicyclic amines) is 1. The van der Waals surface area contributed by atoms with E-state index in [1.807, 2.05) is 0 Å². The molecule has 1 atom stereocenters. The Morgan fingerprint density at radius 1 is 1.47 bits per heavy atom. The lowest BCUT2D eigenvalue weighted by molar-refractivity contribution is 0.288. The zero-order valence-electron chi connectivity index (χ0n) is 11.5. The van der Waals surface area contributed by atoms with E-state index in [-0.39, 0.29) is 4.90 Å². The number of aryl methyl sites for hydroxylation is 1. The van der Waals surface area contributed by atoms with Crippen LogP contribution in [0.25, 0.3) is 0 Å². The first-order chi connectivity index (χ1) is 8.99. The van der Waals surface area contributed by atoms with Crippen LogP contribution < -0.4 is 4.72 Å². The lowest BCUT2D eigenvalue weighted by atomic mass is 10.2. The molecule has 0 radical (unpaired) electrons. The molecule has 2 N–H and O–H groups in total. The Morgan fingerprint density at radius 2 is 2.16 bits per heavy atom. The normalized spacial score (nSPS) is 18.8. The minimum atomic E-state index is -3.44.